The Morgan fingerprint density at radius 1 is 0.478 bits per heavy atom. The summed E-state index contributed by atoms with van der Waals surface area (Å²) in [4.78, 5) is 13.8. The van der Waals surface area contributed by atoms with E-state index in [1.54, 1.807) is 128 Å². The van der Waals surface area contributed by atoms with Gasteiger partial charge in [0.15, 0.2) is 0 Å². The molecule has 0 saturated heterocycles. The molecule has 0 aliphatic carbocycles. The number of fused-ring (bicyclic) bond motifs is 7. The van der Waals surface area contributed by atoms with Gasteiger partial charge in [0.05, 0.1) is 31.5 Å². The summed E-state index contributed by atoms with van der Waals surface area (Å²) in [5.74, 6) is 0.624. The highest BCUT2D eigenvalue weighted by Crippen LogP contribution is 2.45. The number of rotatable bonds is 0. The Kier molecular flexibility index (Phi) is 21.9. The topological polar surface area (TPSA) is 251 Å². The van der Waals surface area contributed by atoms with Gasteiger partial charge >= 0.3 is 0 Å². The number of likely N-dealkylation sites (N-methyl/N-ethyl adjacent to an activating group) is 2. The van der Waals surface area contributed by atoms with Crippen molar-refractivity contribution in [2.75, 3.05) is 47.9 Å². The molecule has 2 N–H and O–H groups in total. The lowest BCUT2D eigenvalue weighted by Gasteiger charge is -2.35. The second-order valence-electron chi connectivity index (χ2n) is 26.8. The number of sulfonamides is 4. The van der Waals surface area contributed by atoms with Gasteiger partial charge in [0, 0.05) is 109 Å². The second kappa shape index (κ2) is 26.8. The van der Waals surface area contributed by atoms with E-state index in [0.717, 1.165) is 47.0 Å². The molecule has 0 fully saturated rings. The van der Waals surface area contributed by atoms with E-state index in [0.29, 0.717) is 34.0 Å². The van der Waals surface area contributed by atoms with Gasteiger partial charge in [-0.25, -0.2) is 63.9 Å². The van der Waals surface area contributed by atoms with E-state index in [1.165, 1.54) is 64.9 Å². The fraction of sp³-hybridized carbons (Fsp3) is 0.508. The highest BCUT2D eigenvalue weighted by molar-refractivity contribution is 8.03. The maximum absolute atomic E-state index is 12.0. The molecule has 7 aliphatic heterocycles. The van der Waals surface area contributed by atoms with Gasteiger partial charge in [-0.05, 0) is 143 Å². The summed E-state index contributed by atoms with van der Waals surface area (Å²) in [6.45, 7) is 30.8. The fourth-order valence-electron chi connectivity index (χ4n) is 11.1. The molecule has 3 unspecified atom stereocenters. The van der Waals surface area contributed by atoms with Crippen LogP contribution in [0.2, 0.25) is 0 Å². The Balaban J connectivity index is 0.000000138. The smallest absolute Gasteiger partial charge is 0.265 e. The summed E-state index contributed by atoms with van der Waals surface area (Å²) in [7, 11) is -9.88. The standard InChI is InChI=1S/2C9H13NO2S2.2C9H13NOS2.C8H9NO3S2.C8H10OS.C7H9NO3S3/c1-9(2)6-10(3)14(11,12)8-5-13-4-7(8)9;1-9(2)8-6-13-5-7(8)4-10(3)14(9,11)12;1-9(2)6-10(3)13(11)8-5-12-4-7(8)9;1-9(2)8-6-12-5-7(8)4-10(3)13(9)11;1-8(2)5-3-13-4-6(5)14(11,12)9-7(8)10;1-8(2)5-9-7-4-10-3-6(7)8;1-7(2)5-3-12-4-6(5)13(9)8-14(7,10)11/h4-5H,6H2,1-3H3;5-6H,4H2,1-3H3;4-5H,6H2,1-3H3;5-6H,4H2,1-3H3;3-4H,1-2H3,(H,9,10);3-4H,5H2,1-2H3;3-4,8H,1-2H3. The lowest BCUT2D eigenvalue weighted by atomic mass is 9.86. The van der Waals surface area contributed by atoms with Crippen LogP contribution in [-0.2, 0) is 127 Å². The molecule has 7 aromatic heterocycles. The van der Waals surface area contributed by atoms with Crippen molar-refractivity contribution in [3.05, 3.63) is 125 Å². The molecule has 0 radical (unpaired) electrons. The van der Waals surface area contributed by atoms with Crippen LogP contribution < -0.4 is 13.6 Å². The van der Waals surface area contributed by atoms with Crippen molar-refractivity contribution in [2.45, 2.75) is 166 Å². The minimum absolute atomic E-state index is 0.0740. The third-order valence-corrected chi connectivity index (χ3v) is 35.6. The maximum atomic E-state index is 12.0. The van der Waals surface area contributed by atoms with Crippen LogP contribution in [0.3, 0.4) is 0 Å². The first-order chi connectivity index (χ1) is 42.2. The van der Waals surface area contributed by atoms with Crippen LogP contribution in [0.1, 0.15) is 147 Å². The van der Waals surface area contributed by atoms with Gasteiger partial charge in [-0.3, -0.25) is 4.79 Å². The van der Waals surface area contributed by atoms with Gasteiger partial charge in [0.2, 0.25) is 36.0 Å². The quantitative estimate of drug-likeness (QED) is 0.143. The number of carbonyl (C=O) groups excluding carboxylic acids is 1. The van der Waals surface area contributed by atoms with Gasteiger partial charge < -0.3 is 4.74 Å². The van der Waals surface area contributed by atoms with E-state index in [-0.39, 0.29) is 25.9 Å². The Morgan fingerprint density at radius 3 is 1.59 bits per heavy atom. The summed E-state index contributed by atoms with van der Waals surface area (Å²) in [6.07, 6.45) is 0. The third kappa shape index (κ3) is 14.3. The first-order valence-corrected chi connectivity index (χ1v) is 44.3. The first kappa shape index (κ1) is 75.0. The minimum atomic E-state index is -3.61. The van der Waals surface area contributed by atoms with Gasteiger partial charge in [-0.2, -0.15) is 72.3 Å². The third-order valence-electron chi connectivity index (χ3n) is 17.1. The molecule has 0 saturated carbocycles. The van der Waals surface area contributed by atoms with E-state index in [4.69, 9.17) is 4.74 Å². The van der Waals surface area contributed by atoms with Crippen LogP contribution in [0.15, 0.2) is 94.9 Å². The highest BCUT2D eigenvalue weighted by Gasteiger charge is 2.47. The molecular formula is C59H80N6O13S14. The van der Waals surface area contributed by atoms with Crippen molar-refractivity contribution >= 4 is 158 Å². The zero-order valence-electron chi connectivity index (χ0n) is 54.4. The Bertz CT molecular complexity index is 4440. The molecule has 7 aliphatic rings. The van der Waals surface area contributed by atoms with Crippen molar-refractivity contribution < 1.29 is 55.8 Å². The molecule has 3 atom stereocenters. The molecule has 0 bridgehead atoms. The number of hydrogen-bond donors (Lipinski definition) is 2. The predicted molar refractivity (Wildman–Crippen MR) is 380 cm³/mol. The normalized spacial score (nSPS) is 25.1. The number of amides is 1. The number of thiophene rings is 7. The monoisotopic (exact) mass is 1530 g/mol. The molecule has 7 aromatic rings. The van der Waals surface area contributed by atoms with Crippen molar-refractivity contribution in [1.82, 2.24) is 26.1 Å². The molecule has 0 spiro atoms. The van der Waals surface area contributed by atoms with Gasteiger partial charge in [0.25, 0.3) is 10.0 Å². The fourth-order valence-corrected chi connectivity index (χ4v) is 30.5. The second-order valence-corrected chi connectivity index (χ2v) is 45.7. The number of nitrogens with one attached hydrogen (secondary N) is 2. The van der Waals surface area contributed by atoms with Crippen molar-refractivity contribution in [1.29, 1.82) is 0 Å². The summed E-state index contributed by atoms with van der Waals surface area (Å²) >= 11 is 10.7. The first-order valence-electron chi connectivity index (χ1n) is 28.5. The maximum Gasteiger partial charge on any atom is 0.265 e. The zero-order chi connectivity index (χ0) is 68.7. The Hall–Kier alpha value is -2.78. The van der Waals surface area contributed by atoms with E-state index < -0.39 is 93.9 Å². The Morgan fingerprint density at radius 2 is 0.967 bits per heavy atom. The lowest BCUT2D eigenvalue weighted by Crippen LogP contribution is -2.47. The molecule has 508 valence electrons. The molecule has 92 heavy (non-hydrogen) atoms. The summed E-state index contributed by atoms with van der Waals surface area (Å²) in [6, 6.07) is 0. The predicted octanol–water partition coefficient (Wildman–Crippen LogP) is 11.7. The number of ether oxygens (including phenoxy) is 1. The molecule has 33 heteroatoms. The minimum Gasteiger partial charge on any atom is -0.491 e. The molecular weight excluding hydrogens is 1450 g/mol. The average molecular weight is 1530 g/mol. The van der Waals surface area contributed by atoms with Crippen LogP contribution in [0.5, 0.6) is 5.75 Å². The van der Waals surface area contributed by atoms with E-state index >= 15 is 0 Å². The van der Waals surface area contributed by atoms with Crippen molar-refractivity contribution in [3.63, 3.8) is 0 Å². The van der Waals surface area contributed by atoms with E-state index in [2.05, 4.69) is 72.6 Å². The highest BCUT2D eigenvalue weighted by atomic mass is 32.3. The number of nitrogens with zero attached hydrogens (tertiary/aromatic N) is 4. The Labute approximate surface area is 579 Å². The van der Waals surface area contributed by atoms with Crippen LogP contribution in [0.4, 0.5) is 0 Å². The average Bonchev–Trinajstić information content (AvgIpc) is 1.46. The van der Waals surface area contributed by atoms with Crippen LogP contribution in [0, 0.1) is 0 Å². The summed E-state index contributed by atoms with van der Waals surface area (Å²) < 4.78 is 144. The molecule has 1 amide bonds. The molecule has 14 heterocycles. The van der Waals surface area contributed by atoms with Crippen molar-refractivity contribution in [3.8, 4) is 5.75 Å². The van der Waals surface area contributed by atoms with Crippen LogP contribution in [0.25, 0.3) is 0 Å². The van der Waals surface area contributed by atoms with Crippen molar-refractivity contribution in [2.24, 2.45) is 0 Å². The molecule has 14 rings (SSSR count). The molecule has 0 aromatic carbocycles. The van der Waals surface area contributed by atoms with Crippen LogP contribution in [-0.4, -0.2) is 117 Å². The number of carbonyl (C=O) groups is 1. The summed E-state index contributed by atoms with van der Waals surface area (Å²) in [5.41, 5.74) is 9.05. The zero-order valence-corrected chi connectivity index (χ0v) is 65.9. The van der Waals surface area contributed by atoms with E-state index in [9.17, 15) is 51.1 Å². The number of hydrogen-bond acceptors (Lipinski definition) is 20. The lowest BCUT2D eigenvalue weighted by molar-refractivity contribution is -0.124. The van der Waals surface area contributed by atoms with Gasteiger partial charge in [0.1, 0.15) is 53.1 Å². The molecule has 19 nitrogen and oxygen atoms in total. The SMILES string of the molecule is CC1(C)C(=O)NS(=O)(=O)c2cscc21.CC1(C)COc2cscc21.CC1(C)c2cscc2S(=O)NS1(=O)=O.CN1CC(C)(C)c2cscc2S1(=O)=O.CN1CC(C)(C)c2cscc2S1=O.CN1Cc2cscc2C(C)(C)S1(=O)=O.CN1Cc2cscc2C(C)(C)S1=O. The summed E-state index contributed by atoms with van der Waals surface area (Å²) in [5, 5.41) is 27.0. The van der Waals surface area contributed by atoms with Gasteiger partial charge in [-0.15, -0.1) is 15.5 Å². The van der Waals surface area contributed by atoms with Gasteiger partial charge in [-0.1, -0.05) is 41.5 Å². The van der Waals surface area contributed by atoms with Crippen LogP contribution >= 0.6 is 79.4 Å². The van der Waals surface area contributed by atoms with E-state index in [1.807, 2.05) is 62.8 Å². The largest absolute Gasteiger partial charge is 0.491 e.